The Balaban J connectivity index is 1.39. The number of carbonyl (C=O) groups is 1. The number of hydrogen-bond acceptors (Lipinski definition) is 5. The Hall–Kier alpha value is -3.52. The summed E-state index contributed by atoms with van der Waals surface area (Å²) in [6, 6.07) is 19.7. The minimum Gasteiger partial charge on any atom is -0.484 e. The number of amides is 1. The van der Waals surface area contributed by atoms with Gasteiger partial charge in [0.2, 0.25) is 10.0 Å². The molecule has 4 rings (SSSR count). The molecule has 7 nitrogen and oxygen atoms in total. The number of nitrogens with one attached hydrogen (secondary N) is 1. The lowest BCUT2D eigenvalue weighted by Gasteiger charge is -2.16. The average Bonchev–Trinajstić information content (AvgIpc) is 3.09. The van der Waals surface area contributed by atoms with Gasteiger partial charge in [-0.05, 0) is 42.5 Å². The molecule has 1 aromatic heterocycles. The van der Waals surface area contributed by atoms with Crippen molar-refractivity contribution in [2.45, 2.75) is 0 Å². The molecule has 30 heavy (non-hydrogen) atoms. The lowest BCUT2D eigenvalue weighted by atomic mass is 10.1. The second kappa shape index (κ2) is 7.72. The van der Waals surface area contributed by atoms with Crippen LogP contribution in [0.1, 0.15) is 0 Å². The molecule has 0 spiro atoms. The van der Waals surface area contributed by atoms with Crippen molar-refractivity contribution in [2.75, 3.05) is 29.5 Å². The van der Waals surface area contributed by atoms with Crippen LogP contribution in [0.25, 0.3) is 21.9 Å². The minimum atomic E-state index is -3.33. The monoisotopic (exact) mass is 424 g/mol. The summed E-state index contributed by atoms with van der Waals surface area (Å²) in [7, 11) is -1.86. The van der Waals surface area contributed by atoms with Gasteiger partial charge in [0.15, 0.2) is 6.61 Å². The summed E-state index contributed by atoms with van der Waals surface area (Å²) in [6.07, 6.45) is 1.13. The Morgan fingerprint density at radius 2 is 1.70 bits per heavy atom. The van der Waals surface area contributed by atoms with Crippen molar-refractivity contribution < 1.29 is 22.4 Å². The summed E-state index contributed by atoms with van der Waals surface area (Å²) in [5, 5.41) is 4.80. The maximum Gasteiger partial charge on any atom is 0.262 e. The van der Waals surface area contributed by atoms with E-state index in [2.05, 4.69) is 5.32 Å². The number of nitrogens with zero attached hydrogens (tertiary/aromatic N) is 1. The highest BCUT2D eigenvalue weighted by Gasteiger charge is 2.12. The maximum absolute atomic E-state index is 12.2. The molecule has 0 saturated carbocycles. The SMILES string of the molecule is CN(c1ccc(OCC(=O)Nc2ccc3c(c2)oc2ccccc23)cc1)S(C)(=O)=O. The number of rotatable bonds is 6. The van der Waals surface area contributed by atoms with Gasteiger partial charge in [0.05, 0.1) is 11.9 Å². The van der Waals surface area contributed by atoms with E-state index in [0.29, 0.717) is 22.7 Å². The predicted octanol–water partition coefficient (Wildman–Crippen LogP) is 4.00. The van der Waals surface area contributed by atoms with E-state index in [4.69, 9.17) is 9.15 Å². The lowest BCUT2D eigenvalue weighted by molar-refractivity contribution is -0.118. The molecule has 1 amide bonds. The first-order valence-corrected chi connectivity index (χ1v) is 11.0. The quantitative estimate of drug-likeness (QED) is 0.505. The van der Waals surface area contributed by atoms with Crippen LogP contribution in [-0.4, -0.2) is 34.2 Å². The van der Waals surface area contributed by atoms with Gasteiger partial charge in [0.25, 0.3) is 5.91 Å². The van der Waals surface area contributed by atoms with Crippen LogP contribution in [0.3, 0.4) is 0 Å². The van der Waals surface area contributed by atoms with Crippen molar-refractivity contribution in [2.24, 2.45) is 0 Å². The first-order valence-electron chi connectivity index (χ1n) is 9.19. The van der Waals surface area contributed by atoms with E-state index in [1.54, 1.807) is 30.3 Å². The van der Waals surface area contributed by atoms with Gasteiger partial charge in [0, 0.05) is 29.6 Å². The number of carbonyl (C=O) groups excluding carboxylic acids is 1. The van der Waals surface area contributed by atoms with Gasteiger partial charge >= 0.3 is 0 Å². The third-order valence-electron chi connectivity index (χ3n) is 4.73. The summed E-state index contributed by atoms with van der Waals surface area (Å²) < 4.78 is 35.6. The standard InChI is InChI=1S/C22H20N2O5S/c1-24(30(2,26)27)16-8-10-17(11-9-16)28-14-22(25)23-15-7-12-19-18-5-3-4-6-20(18)29-21(19)13-15/h3-13H,14H2,1-2H3,(H,23,25). The van der Waals surface area contributed by atoms with E-state index in [0.717, 1.165) is 26.9 Å². The first-order chi connectivity index (χ1) is 14.3. The molecule has 0 atom stereocenters. The molecular formula is C22H20N2O5S. The zero-order chi connectivity index (χ0) is 21.3. The Morgan fingerprint density at radius 3 is 2.43 bits per heavy atom. The Labute approximate surface area is 173 Å². The molecule has 1 heterocycles. The molecule has 4 aromatic rings. The second-order valence-corrected chi connectivity index (χ2v) is 8.88. The third-order valence-corrected chi connectivity index (χ3v) is 5.94. The van der Waals surface area contributed by atoms with Crippen LogP contribution < -0.4 is 14.4 Å². The topological polar surface area (TPSA) is 88.8 Å². The summed E-state index contributed by atoms with van der Waals surface area (Å²) in [6.45, 7) is -0.181. The number of ether oxygens (including phenoxy) is 1. The van der Waals surface area contributed by atoms with E-state index in [-0.39, 0.29) is 12.5 Å². The van der Waals surface area contributed by atoms with Crippen molar-refractivity contribution in [3.63, 3.8) is 0 Å². The first kappa shape index (κ1) is 19.8. The van der Waals surface area contributed by atoms with Crippen LogP contribution in [0.5, 0.6) is 5.75 Å². The highest BCUT2D eigenvalue weighted by molar-refractivity contribution is 7.92. The van der Waals surface area contributed by atoms with Gasteiger partial charge < -0.3 is 14.5 Å². The van der Waals surface area contributed by atoms with Crippen LogP contribution >= 0.6 is 0 Å². The van der Waals surface area contributed by atoms with Crippen molar-refractivity contribution >= 4 is 49.2 Å². The summed E-state index contributed by atoms with van der Waals surface area (Å²) in [4.78, 5) is 12.2. The number of furan rings is 1. The van der Waals surface area contributed by atoms with E-state index in [9.17, 15) is 13.2 Å². The molecular weight excluding hydrogens is 404 g/mol. The number of benzene rings is 3. The summed E-state index contributed by atoms with van der Waals surface area (Å²) in [5.41, 5.74) is 2.61. The van der Waals surface area contributed by atoms with Gasteiger partial charge in [-0.25, -0.2) is 8.42 Å². The zero-order valence-corrected chi connectivity index (χ0v) is 17.3. The zero-order valence-electron chi connectivity index (χ0n) is 16.5. The van der Waals surface area contributed by atoms with Crippen molar-refractivity contribution in [1.82, 2.24) is 0 Å². The van der Waals surface area contributed by atoms with Gasteiger partial charge in [-0.1, -0.05) is 18.2 Å². The minimum absolute atomic E-state index is 0.181. The van der Waals surface area contributed by atoms with Crippen molar-refractivity contribution in [3.8, 4) is 5.75 Å². The van der Waals surface area contributed by atoms with Gasteiger partial charge in [-0.2, -0.15) is 0 Å². The number of para-hydroxylation sites is 1. The van der Waals surface area contributed by atoms with Crippen LogP contribution in [0, 0.1) is 0 Å². The fourth-order valence-electron chi connectivity index (χ4n) is 3.09. The average molecular weight is 424 g/mol. The maximum atomic E-state index is 12.2. The molecule has 0 aliphatic carbocycles. The van der Waals surface area contributed by atoms with Crippen LogP contribution in [0.4, 0.5) is 11.4 Å². The fraction of sp³-hybridized carbons (Fsp3) is 0.136. The van der Waals surface area contributed by atoms with Crippen molar-refractivity contribution in [3.05, 3.63) is 66.7 Å². The Kier molecular flexibility index (Phi) is 5.09. The highest BCUT2D eigenvalue weighted by Crippen LogP contribution is 2.30. The van der Waals surface area contributed by atoms with E-state index in [1.807, 2.05) is 36.4 Å². The molecule has 3 aromatic carbocycles. The molecule has 0 unspecified atom stereocenters. The summed E-state index contributed by atoms with van der Waals surface area (Å²) in [5.74, 6) is 0.145. The molecule has 0 saturated heterocycles. The lowest BCUT2D eigenvalue weighted by Crippen LogP contribution is -2.24. The number of anilines is 2. The molecule has 8 heteroatoms. The van der Waals surface area contributed by atoms with Crippen molar-refractivity contribution in [1.29, 1.82) is 0 Å². The van der Waals surface area contributed by atoms with Gasteiger partial charge in [-0.15, -0.1) is 0 Å². The Bertz CT molecular complexity index is 1330. The molecule has 154 valence electrons. The van der Waals surface area contributed by atoms with Gasteiger partial charge in [0.1, 0.15) is 16.9 Å². The van der Waals surface area contributed by atoms with Crippen LogP contribution in [0.15, 0.2) is 71.1 Å². The van der Waals surface area contributed by atoms with E-state index >= 15 is 0 Å². The number of sulfonamides is 1. The summed E-state index contributed by atoms with van der Waals surface area (Å²) >= 11 is 0. The Morgan fingerprint density at radius 1 is 1.00 bits per heavy atom. The number of hydrogen-bond donors (Lipinski definition) is 1. The van der Waals surface area contributed by atoms with E-state index in [1.165, 1.54) is 7.05 Å². The molecule has 0 fully saturated rings. The molecule has 0 bridgehead atoms. The third kappa shape index (κ3) is 4.08. The molecule has 1 N–H and O–H groups in total. The number of fused-ring (bicyclic) bond motifs is 3. The molecule has 0 aliphatic heterocycles. The largest absolute Gasteiger partial charge is 0.484 e. The normalized spacial score (nSPS) is 11.5. The van der Waals surface area contributed by atoms with Gasteiger partial charge in [-0.3, -0.25) is 9.10 Å². The molecule has 0 aliphatic rings. The molecule has 0 radical (unpaired) electrons. The van der Waals surface area contributed by atoms with Crippen LogP contribution in [0.2, 0.25) is 0 Å². The smallest absolute Gasteiger partial charge is 0.262 e. The highest BCUT2D eigenvalue weighted by atomic mass is 32.2. The predicted molar refractivity (Wildman–Crippen MR) is 118 cm³/mol. The van der Waals surface area contributed by atoms with E-state index < -0.39 is 10.0 Å². The fourth-order valence-corrected chi connectivity index (χ4v) is 3.60. The second-order valence-electron chi connectivity index (χ2n) is 6.87. The van der Waals surface area contributed by atoms with Crippen LogP contribution in [-0.2, 0) is 14.8 Å².